The Kier molecular flexibility index (Phi) is 3.37. The number of benzene rings is 1. The third-order valence-corrected chi connectivity index (χ3v) is 3.88. The number of hydrogen-bond acceptors (Lipinski definition) is 3. The average molecular weight is 294 g/mol. The van der Waals surface area contributed by atoms with Crippen molar-refractivity contribution in [3.05, 3.63) is 53.6 Å². The minimum Gasteiger partial charge on any atom is -0.508 e. The van der Waals surface area contributed by atoms with E-state index in [4.69, 9.17) is 4.52 Å². The summed E-state index contributed by atoms with van der Waals surface area (Å²) in [4.78, 5) is 3.43. The predicted molar refractivity (Wildman–Crippen MR) is 87.7 cm³/mol. The fourth-order valence-corrected chi connectivity index (χ4v) is 2.85. The van der Waals surface area contributed by atoms with Crippen LogP contribution in [0.15, 0.2) is 35.4 Å². The van der Waals surface area contributed by atoms with E-state index >= 15 is 0 Å². The molecule has 0 radical (unpaired) electrons. The third-order valence-electron chi connectivity index (χ3n) is 3.88. The van der Waals surface area contributed by atoms with Crippen molar-refractivity contribution in [1.82, 2.24) is 10.1 Å². The number of phenols is 1. The van der Waals surface area contributed by atoms with Gasteiger partial charge in [0.1, 0.15) is 11.5 Å². The molecule has 4 heteroatoms. The molecule has 3 rings (SSSR count). The van der Waals surface area contributed by atoms with E-state index in [1.807, 2.05) is 39.0 Å². The van der Waals surface area contributed by atoms with E-state index in [9.17, 15) is 5.11 Å². The first kappa shape index (κ1) is 14.2. The lowest BCUT2D eigenvalue weighted by molar-refractivity contribution is 0.393. The van der Waals surface area contributed by atoms with Gasteiger partial charge in [-0.1, -0.05) is 29.9 Å². The van der Waals surface area contributed by atoms with E-state index in [0.29, 0.717) is 0 Å². The van der Waals surface area contributed by atoms with E-state index < -0.39 is 0 Å². The highest BCUT2D eigenvalue weighted by Gasteiger charge is 2.21. The third kappa shape index (κ3) is 2.13. The van der Waals surface area contributed by atoms with E-state index in [0.717, 1.165) is 45.1 Å². The first-order valence-electron chi connectivity index (χ1n) is 7.10. The smallest absolute Gasteiger partial charge is 0.143 e. The van der Waals surface area contributed by atoms with Crippen LogP contribution in [0.25, 0.3) is 28.5 Å². The lowest BCUT2D eigenvalue weighted by Gasteiger charge is -2.06. The lowest BCUT2D eigenvalue weighted by Crippen LogP contribution is -1.87. The highest BCUT2D eigenvalue weighted by atomic mass is 16.5. The standard InChI is InChI=1S/C18H18N2O2/c1-5-15-10(2)19-18(16-11(3)20-22-12(16)4)17(15)13-6-8-14(21)9-7-13/h5-9,19,21H,1H2,2-4H3. The summed E-state index contributed by atoms with van der Waals surface area (Å²) in [6.07, 6.45) is 1.84. The molecule has 4 nitrogen and oxygen atoms in total. The number of rotatable bonds is 3. The zero-order valence-corrected chi connectivity index (χ0v) is 12.9. The minimum absolute atomic E-state index is 0.245. The molecule has 3 aromatic rings. The maximum Gasteiger partial charge on any atom is 0.143 e. The van der Waals surface area contributed by atoms with Crippen molar-refractivity contribution in [3.63, 3.8) is 0 Å². The Morgan fingerprint density at radius 2 is 1.82 bits per heavy atom. The largest absolute Gasteiger partial charge is 0.508 e. The van der Waals surface area contributed by atoms with Gasteiger partial charge in [0, 0.05) is 16.8 Å². The molecule has 22 heavy (non-hydrogen) atoms. The van der Waals surface area contributed by atoms with Crippen molar-refractivity contribution in [2.45, 2.75) is 20.8 Å². The van der Waals surface area contributed by atoms with Gasteiger partial charge in [-0.3, -0.25) is 0 Å². The normalized spacial score (nSPS) is 10.9. The Balaban J connectivity index is 2.32. The topological polar surface area (TPSA) is 62.0 Å². The van der Waals surface area contributed by atoms with Crippen LogP contribution in [0.1, 0.15) is 22.7 Å². The molecule has 0 saturated carbocycles. The number of aryl methyl sites for hydroxylation is 3. The Morgan fingerprint density at radius 1 is 1.14 bits per heavy atom. The molecule has 0 saturated heterocycles. The van der Waals surface area contributed by atoms with E-state index in [1.54, 1.807) is 12.1 Å². The lowest BCUT2D eigenvalue weighted by atomic mass is 9.96. The molecule has 0 spiro atoms. The van der Waals surface area contributed by atoms with Crippen molar-refractivity contribution >= 4 is 6.08 Å². The van der Waals surface area contributed by atoms with Gasteiger partial charge in [0.05, 0.1) is 17.0 Å². The van der Waals surface area contributed by atoms with Gasteiger partial charge in [0.15, 0.2) is 0 Å². The number of hydrogen-bond donors (Lipinski definition) is 2. The van der Waals surface area contributed by atoms with Crippen LogP contribution in [0.3, 0.4) is 0 Å². The summed E-state index contributed by atoms with van der Waals surface area (Å²) >= 11 is 0. The summed E-state index contributed by atoms with van der Waals surface area (Å²) in [7, 11) is 0. The zero-order valence-electron chi connectivity index (χ0n) is 12.9. The molecule has 2 aromatic heterocycles. The fourth-order valence-electron chi connectivity index (χ4n) is 2.85. The molecule has 2 N–H and O–H groups in total. The molecule has 0 aliphatic rings. The fraction of sp³-hybridized carbons (Fsp3) is 0.167. The molecule has 1 aromatic carbocycles. The second-order valence-corrected chi connectivity index (χ2v) is 5.36. The highest BCUT2D eigenvalue weighted by molar-refractivity contribution is 5.90. The highest BCUT2D eigenvalue weighted by Crippen LogP contribution is 2.40. The number of H-pyrrole nitrogens is 1. The molecule has 0 atom stereocenters. The van der Waals surface area contributed by atoms with Crippen molar-refractivity contribution in [3.8, 4) is 28.1 Å². The van der Waals surface area contributed by atoms with E-state index in [1.165, 1.54) is 0 Å². The van der Waals surface area contributed by atoms with Gasteiger partial charge in [-0.05, 0) is 38.5 Å². The molecule has 0 amide bonds. The van der Waals surface area contributed by atoms with Gasteiger partial charge < -0.3 is 14.6 Å². The molecular formula is C18H18N2O2. The van der Waals surface area contributed by atoms with Crippen LogP contribution in [-0.2, 0) is 0 Å². The number of phenolic OH excluding ortho intramolecular Hbond substituents is 1. The van der Waals surface area contributed by atoms with Crippen LogP contribution >= 0.6 is 0 Å². The van der Waals surface area contributed by atoms with Crippen LogP contribution in [0.5, 0.6) is 5.75 Å². The number of nitrogens with one attached hydrogen (secondary N) is 1. The number of aromatic amines is 1. The first-order chi connectivity index (χ1) is 10.5. The zero-order chi connectivity index (χ0) is 15.9. The van der Waals surface area contributed by atoms with Crippen LogP contribution < -0.4 is 0 Å². The van der Waals surface area contributed by atoms with Crippen LogP contribution in [0.4, 0.5) is 0 Å². The molecule has 112 valence electrons. The minimum atomic E-state index is 0.245. The monoisotopic (exact) mass is 294 g/mol. The molecule has 0 aliphatic carbocycles. The van der Waals surface area contributed by atoms with Gasteiger partial charge >= 0.3 is 0 Å². The van der Waals surface area contributed by atoms with Crippen LogP contribution in [0.2, 0.25) is 0 Å². The van der Waals surface area contributed by atoms with Crippen LogP contribution in [0, 0.1) is 20.8 Å². The second-order valence-electron chi connectivity index (χ2n) is 5.36. The maximum absolute atomic E-state index is 9.52. The van der Waals surface area contributed by atoms with E-state index in [2.05, 4.69) is 16.7 Å². The van der Waals surface area contributed by atoms with Crippen molar-refractivity contribution < 1.29 is 9.63 Å². The molecule has 0 unspecified atom stereocenters. The van der Waals surface area contributed by atoms with Gasteiger partial charge in [0.25, 0.3) is 0 Å². The summed E-state index contributed by atoms with van der Waals surface area (Å²) in [5.41, 5.74) is 6.91. The van der Waals surface area contributed by atoms with Gasteiger partial charge in [-0.2, -0.15) is 0 Å². The average Bonchev–Trinajstić information content (AvgIpc) is 2.99. The molecule has 0 bridgehead atoms. The number of aromatic nitrogens is 2. The summed E-state index contributed by atoms with van der Waals surface area (Å²) < 4.78 is 5.31. The van der Waals surface area contributed by atoms with Gasteiger partial charge in [0.2, 0.25) is 0 Å². The van der Waals surface area contributed by atoms with Gasteiger partial charge in [-0.25, -0.2) is 0 Å². The summed E-state index contributed by atoms with van der Waals surface area (Å²) in [5.74, 6) is 1.02. The van der Waals surface area contributed by atoms with Gasteiger partial charge in [-0.15, -0.1) is 0 Å². The van der Waals surface area contributed by atoms with E-state index in [-0.39, 0.29) is 5.75 Å². The van der Waals surface area contributed by atoms with Crippen molar-refractivity contribution in [1.29, 1.82) is 0 Å². The van der Waals surface area contributed by atoms with Crippen LogP contribution in [-0.4, -0.2) is 15.2 Å². The molecule has 2 heterocycles. The summed E-state index contributed by atoms with van der Waals surface area (Å²) in [6, 6.07) is 7.16. The molecule has 0 fully saturated rings. The Labute approximate surface area is 129 Å². The number of nitrogens with zero attached hydrogens (tertiary/aromatic N) is 1. The summed E-state index contributed by atoms with van der Waals surface area (Å²) in [5, 5.41) is 13.6. The SMILES string of the molecule is C=Cc1c(C)[nH]c(-c2c(C)noc2C)c1-c1ccc(O)cc1. The van der Waals surface area contributed by atoms with Crippen molar-refractivity contribution in [2.75, 3.05) is 0 Å². The predicted octanol–water partition coefficient (Wildman–Crippen LogP) is 4.61. The molecule has 0 aliphatic heterocycles. The Hall–Kier alpha value is -2.75. The summed E-state index contributed by atoms with van der Waals surface area (Å²) in [6.45, 7) is 9.77. The quantitative estimate of drug-likeness (QED) is 0.741. The second kappa shape index (κ2) is 5.22. The Bertz CT molecular complexity index is 819. The Morgan fingerprint density at radius 3 is 2.36 bits per heavy atom. The first-order valence-corrected chi connectivity index (χ1v) is 7.10. The number of aromatic hydroxyl groups is 1. The molecular weight excluding hydrogens is 276 g/mol. The maximum atomic E-state index is 9.52. The van der Waals surface area contributed by atoms with Crippen molar-refractivity contribution in [2.24, 2.45) is 0 Å².